The van der Waals surface area contributed by atoms with Crippen LogP contribution in [0, 0.1) is 5.92 Å². The normalized spacial score (nSPS) is 16.1. The van der Waals surface area contributed by atoms with Crippen LogP contribution in [0.1, 0.15) is 62.3 Å². The van der Waals surface area contributed by atoms with Gasteiger partial charge in [-0.25, -0.2) is 9.97 Å². The van der Waals surface area contributed by atoms with Crippen molar-refractivity contribution in [1.82, 2.24) is 15.3 Å². The third-order valence-electron chi connectivity index (χ3n) is 3.46. The van der Waals surface area contributed by atoms with Crippen LogP contribution in [0.2, 0.25) is 0 Å². The summed E-state index contributed by atoms with van der Waals surface area (Å²) >= 11 is 0. The molecule has 1 aliphatic carbocycles. The summed E-state index contributed by atoms with van der Waals surface area (Å²) in [6, 6.07) is 0.151. The zero-order valence-electron chi connectivity index (χ0n) is 12.3. The molecule has 1 atom stereocenters. The van der Waals surface area contributed by atoms with Crippen molar-refractivity contribution in [2.24, 2.45) is 11.8 Å². The van der Waals surface area contributed by atoms with Gasteiger partial charge in [0.05, 0.1) is 11.9 Å². The van der Waals surface area contributed by atoms with Crippen molar-refractivity contribution in [2.75, 3.05) is 5.43 Å². The molecule has 1 saturated carbocycles. The fourth-order valence-electron chi connectivity index (χ4n) is 2.16. The minimum atomic E-state index is -0.199. The quantitative estimate of drug-likeness (QED) is 0.544. The number of amides is 1. The maximum atomic E-state index is 12.3. The Bertz CT molecular complexity index is 484. The molecule has 0 aromatic carbocycles. The average molecular weight is 277 g/mol. The molecule has 1 amide bonds. The smallest absolute Gasteiger partial charge is 0.272 e. The molecule has 0 saturated heterocycles. The molecule has 4 N–H and O–H groups in total. The second-order valence-corrected chi connectivity index (χ2v) is 5.84. The summed E-state index contributed by atoms with van der Waals surface area (Å²) < 4.78 is 0. The van der Waals surface area contributed by atoms with Crippen LogP contribution in [0.5, 0.6) is 0 Å². The molecule has 1 aliphatic rings. The molecule has 0 aliphatic heterocycles. The lowest BCUT2D eigenvalue weighted by molar-refractivity contribution is 0.0932. The van der Waals surface area contributed by atoms with Gasteiger partial charge in [0.15, 0.2) is 5.69 Å². The summed E-state index contributed by atoms with van der Waals surface area (Å²) in [6.45, 7) is 6.00. The SMILES string of the molecule is CC(CC1CC1)NC(=O)c1nc(C(C)C)ncc1NN. The maximum absolute atomic E-state index is 12.3. The molecule has 110 valence electrons. The molecular formula is C14H23N5O. The zero-order valence-corrected chi connectivity index (χ0v) is 12.3. The van der Waals surface area contributed by atoms with Crippen molar-refractivity contribution >= 4 is 11.6 Å². The van der Waals surface area contributed by atoms with Crippen LogP contribution in [0.3, 0.4) is 0 Å². The number of nitrogen functional groups attached to an aromatic ring is 1. The highest BCUT2D eigenvalue weighted by Gasteiger charge is 2.25. The second-order valence-electron chi connectivity index (χ2n) is 5.84. The van der Waals surface area contributed by atoms with Gasteiger partial charge in [-0.2, -0.15) is 0 Å². The van der Waals surface area contributed by atoms with Gasteiger partial charge < -0.3 is 10.7 Å². The van der Waals surface area contributed by atoms with Gasteiger partial charge >= 0.3 is 0 Å². The molecule has 1 aromatic rings. The van der Waals surface area contributed by atoms with E-state index in [9.17, 15) is 4.79 Å². The van der Waals surface area contributed by atoms with Gasteiger partial charge in [-0.15, -0.1) is 0 Å². The number of carbonyl (C=O) groups excluding carboxylic acids is 1. The van der Waals surface area contributed by atoms with Gasteiger partial charge in [0.25, 0.3) is 5.91 Å². The first-order valence-electron chi connectivity index (χ1n) is 7.15. The third-order valence-corrected chi connectivity index (χ3v) is 3.46. The molecule has 20 heavy (non-hydrogen) atoms. The second kappa shape index (κ2) is 6.17. The van der Waals surface area contributed by atoms with E-state index >= 15 is 0 Å². The standard InChI is InChI=1S/C14H23N5O/c1-8(2)13-16-7-11(19-15)12(18-13)14(20)17-9(3)6-10-4-5-10/h7-10,19H,4-6,15H2,1-3H3,(H,17,20). The van der Waals surface area contributed by atoms with E-state index in [2.05, 4.69) is 20.7 Å². The number of hydrogen-bond donors (Lipinski definition) is 3. The lowest BCUT2D eigenvalue weighted by Crippen LogP contribution is -2.34. The van der Waals surface area contributed by atoms with E-state index in [0.717, 1.165) is 12.3 Å². The number of anilines is 1. The van der Waals surface area contributed by atoms with Crippen molar-refractivity contribution in [3.63, 3.8) is 0 Å². The Labute approximate surface area is 119 Å². The topological polar surface area (TPSA) is 92.9 Å². The lowest BCUT2D eigenvalue weighted by Gasteiger charge is -2.15. The monoisotopic (exact) mass is 277 g/mol. The van der Waals surface area contributed by atoms with Crippen molar-refractivity contribution in [3.8, 4) is 0 Å². The van der Waals surface area contributed by atoms with Crippen LogP contribution < -0.4 is 16.6 Å². The van der Waals surface area contributed by atoms with Crippen molar-refractivity contribution in [2.45, 2.75) is 52.0 Å². The van der Waals surface area contributed by atoms with Crippen LogP contribution in [0.25, 0.3) is 0 Å². The highest BCUT2D eigenvalue weighted by Crippen LogP contribution is 2.33. The van der Waals surface area contributed by atoms with Crippen LogP contribution in [-0.4, -0.2) is 21.9 Å². The first kappa shape index (κ1) is 14.7. The van der Waals surface area contributed by atoms with Crippen LogP contribution >= 0.6 is 0 Å². The number of carbonyl (C=O) groups is 1. The van der Waals surface area contributed by atoms with Gasteiger partial charge in [-0.1, -0.05) is 26.7 Å². The fourth-order valence-corrected chi connectivity index (χ4v) is 2.16. The molecule has 0 spiro atoms. The number of aromatic nitrogens is 2. The number of nitrogens with two attached hydrogens (primary N) is 1. The molecule has 0 bridgehead atoms. The van der Waals surface area contributed by atoms with Gasteiger partial charge in [0.1, 0.15) is 5.82 Å². The molecule has 0 radical (unpaired) electrons. The Kier molecular flexibility index (Phi) is 4.54. The minimum absolute atomic E-state index is 0.151. The van der Waals surface area contributed by atoms with Gasteiger partial charge in [0.2, 0.25) is 0 Å². The Morgan fingerprint density at radius 1 is 1.45 bits per heavy atom. The molecule has 1 unspecified atom stereocenters. The molecular weight excluding hydrogens is 254 g/mol. The Morgan fingerprint density at radius 3 is 2.70 bits per heavy atom. The van der Waals surface area contributed by atoms with Gasteiger partial charge in [-0.05, 0) is 19.3 Å². The fraction of sp³-hybridized carbons (Fsp3) is 0.643. The average Bonchev–Trinajstić information content (AvgIpc) is 3.21. The maximum Gasteiger partial charge on any atom is 0.272 e. The Hall–Kier alpha value is -1.69. The number of nitrogens with zero attached hydrogens (tertiary/aromatic N) is 2. The molecule has 1 heterocycles. The molecule has 6 nitrogen and oxygen atoms in total. The molecule has 6 heteroatoms. The summed E-state index contributed by atoms with van der Waals surface area (Å²) in [6.07, 6.45) is 5.14. The van der Waals surface area contributed by atoms with Crippen molar-refractivity contribution in [3.05, 3.63) is 17.7 Å². The first-order chi connectivity index (χ1) is 9.51. The van der Waals surface area contributed by atoms with Crippen molar-refractivity contribution in [1.29, 1.82) is 0 Å². The van der Waals surface area contributed by atoms with Gasteiger partial charge in [-0.3, -0.25) is 10.6 Å². The highest BCUT2D eigenvalue weighted by molar-refractivity contribution is 5.97. The predicted molar refractivity (Wildman–Crippen MR) is 78.2 cm³/mol. The summed E-state index contributed by atoms with van der Waals surface area (Å²) in [5.74, 6) is 6.81. The van der Waals surface area contributed by atoms with E-state index in [1.54, 1.807) is 6.20 Å². The lowest BCUT2D eigenvalue weighted by atomic mass is 10.1. The Balaban J connectivity index is 2.11. The number of rotatable bonds is 6. The minimum Gasteiger partial charge on any atom is -0.348 e. The number of nitrogens with one attached hydrogen (secondary N) is 2. The third kappa shape index (κ3) is 3.66. The van der Waals surface area contributed by atoms with Crippen LogP contribution in [0.4, 0.5) is 5.69 Å². The predicted octanol–water partition coefficient (Wildman–Crippen LogP) is 1.80. The first-order valence-corrected chi connectivity index (χ1v) is 7.15. The largest absolute Gasteiger partial charge is 0.348 e. The van der Waals surface area contributed by atoms with E-state index < -0.39 is 0 Å². The number of hydrazine groups is 1. The molecule has 1 fully saturated rings. The Morgan fingerprint density at radius 2 is 2.15 bits per heavy atom. The van der Waals surface area contributed by atoms with Crippen molar-refractivity contribution < 1.29 is 4.79 Å². The summed E-state index contributed by atoms with van der Waals surface area (Å²) in [5, 5.41) is 2.98. The summed E-state index contributed by atoms with van der Waals surface area (Å²) in [5.41, 5.74) is 3.25. The van der Waals surface area contributed by atoms with Crippen LogP contribution in [0.15, 0.2) is 6.20 Å². The van der Waals surface area contributed by atoms with E-state index in [0.29, 0.717) is 17.2 Å². The van der Waals surface area contributed by atoms with E-state index in [1.807, 2.05) is 20.8 Å². The van der Waals surface area contributed by atoms with Crippen LogP contribution in [-0.2, 0) is 0 Å². The summed E-state index contributed by atoms with van der Waals surface area (Å²) in [4.78, 5) is 20.8. The highest BCUT2D eigenvalue weighted by atomic mass is 16.2. The molecule has 2 rings (SSSR count). The number of hydrogen-bond acceptors (Lipinski definition) is 5. The van der Waals surface area contributed by atoms with E-state index in [-0.39, 0.29) is 17.9 Å². The zero-order chi connectivity index (χ0) is 14.7. The van der Waals surface area contributed by atoms with E-state index in [4.69, 9.17) is 5.84 Å². The molecule has 1 aromatic heterocycles. The van der Waals surface area contributed by atoms with Gasteiger partial charge in [0, 0.05) is 12.0 Å². The van der Waals surface area contributed by atoms with E-state index in [1.165, 1.54) is 12.8 Å². The summed E-state index contributed by atoms with van der Waals surface area (Å²) in [7, 11) is 0.